The average molecular weight is 424 g/mol. The molecule has 1 aliphatic heterocycles. The molecule has 2 aliphatic rings. The molecule has 2 atom stereocenters. The molecule has 1 saturated carbocycles. The van der Waals surface area contributed by atoms with Crippen LogP contribution < -0.4 is 5.32 Å². The minimum Gasteiger partial charge on any atom is -0.366 e. The minimum atomic E-state index is -0.340. The third-order valence-electron chi connectivity index (χ3n) is 6.16. The molecular formula is C23H23ClFN5. The summed E-state index contributed by atoms with van der Waals surface area (Å²) in [6.07, 6.45) is 4.14. The summed E-state index contributed by atoms with van der Waals surface area (Å²) >= 11 is 6.17. The predicted octanol–water partition coefficient (Wildman–Crippen LogP) is 4.65. The summed E-state index contributed by atoms with van der Waals surface area (Å²) < 4.78 is 13.5. The van der Waals surface area contributed by atoms with E-state index in [0.717, 1.165) is 44.0 Å². The molecule has 3 heterocycles. The maximum Gasteiger partial charge on any atom is 0.148 e. The molecule has 0 bridgehead atoms. The number of aromatic nitrogens is 3. The van der Waals surface area contributed by atoms with Crippen LogP contribution in [0.1, 0.15) is 18.5 Å². The molecule has 7 heteroatoms. The van der Waals surface area contributed by atoms with Crippen LogP contribution in [0.25, 0.3) is 11.3 Å². The van der Waals surface area contributed by atoms with Crippen LogP contribution in [0.3, 0.4) is 0 Å². The van der Waals surface area contributed by atoms with Gasteiger partial charge in [0.25, 0.3) is 0 Å². The second kappa shape index (κ2) is 8.28. The normalized spacial score (nSPS) is 23.5. The first-order valence-electron chi connectivity index (χ1n) is 10.3. The maximum atomic E-state index is 13.5. The SMILES string of the molecule is Fc1ccc(Cl)c(-c2ccc(NC3CC4CN(Cc5ccccn5)CC4C3)nn2)c1. The lowest BCUT2D eigenvalue weighted by Gasteiger charge is -2.19. The van der Waals surface area contributed by atoms with Gasteiger partial charge in [-0.1, -0.05) is 17.7 Å². The number of anilines is 1. The largest absolute Gasteiger partial charge is 0.366 e. The van der Waals surface area contributed by atoms with Gasteiger partial charge in [0.05, 0.1) is 16.4 Å². The Bertz CT molecular complexity index is 1000. The molecule has 0 spiro atoms. The van der Waals surface area contributed by atoms with Crippen molar-refractivity contribution >= 4 is 17.4 Å². The number of nitrogens with zero attached hydrogens (tertiary/aromatic N) is 4. The van der Waals surface area contributed by atoms with Gasteiger partial charge >= 0.3 is 0 Å². The first-order chi connectivity index (χ1) is 14.6. The monoisotopic (exact) mass is 423 g/mol. The Labute approximate surface area is 180 Å². The third-order valence-corrected chi connectivity index (χ3v) is 6.49. The Balaban J connectivity index is 1.17. The van der Waals surface area contributed by atoms with E-state index in [1.54, 1.807) is 0 Å². The molecule has 0 amide bonds. The Morgan fingerprint density at radius 1 is 1.03 bits per heavy atom. The van der Waals surface area contributed by atoms with Gasteiger partial charge in [-0.25, -0.2) is 4.39 Å². The van der Waals surface area contributed by atoms with E-state index in [-0.39, 0.29) is 5.82 Å². The van der Waals surface area contributed by atoms with Gasteiger partial charge in [0.1, 0.15) is 11.6 Å². The molecule has 1 saturated heterocycles. The molecule has 1 N–H and O–H groups in total. The summed E-state index contributed by atoms with van der Waals surface area (Å²) in [5.41, 5.74) is 2.26. The zero-order valence-electron chi connectivity index (χ0n) is 16.5. The molecule has 2 aromatic heterocycles. The van der Waals surface area contributed by atoms with Crippen LogP contribution in [-0.4, -0.2) is 39.2 Å². The molecule has 2 fully saturated rings. The summed E-state index contributed by atoms with van der Waals surface area (Å²) in [7, 11) is 0. The quantitative estimate of drug-likeness (QED) is 0.647. The summed E-state index contributed by atoms with van der Waals surface area (Å²) in [4.78, 5) is 6.97. The van der Waals surface area contributed by atoms with Crippen LogP contribution in [-0.2, 0) is 6.54 Å². The summed E-state index contributed by atoms with van der Waals surface area (Å²) in [6.45, 7) is 3.19. The summed E-state index contributed by atoms with van der Waals surface area (Å²) in [5.74, 6) is 1.84. The Morgan fingerprint density at radius 2 is 1.87 bits per heavy atom. The third kappa shape index (κ3) is 4.16. The van der Waals surface area contributed by atoms with Crippen LogP contribution in [0.15, 0.2) is 54.7 Å². The van der Waals surface area contributed by atoms with E-state index in [1.807, 2.05) is 30.5 Å². The number of pyridine rings is 1. The summed E-state index contributed by atoms with van der Waals surface area (Å²) in [6, 6.07) is 14.5. The highest BCUT2D eigenvalue weighted by Crippen LogP contribution is 2.39. The number of halogens is 2. The highest BCUT2D eigenvalue weighted by Gasteiger charge is 2.40. The second-order valence-electron chi connectivity index (χ2n) is 8.28. The lowest BCUT2D eigenvalue weighted by atomic mass is 10.0. The van der Waals surface area contributed by atoms with Crippen molar-refractivity contribution in [1.82, 2.24) is 20.1 Å². The Hall–Kier alpha value is -2.57. The van der Waals surface area contributed by atoms with Gasteiger partial charge < -0.3 is 5.32 Å². The van der Waals surface area contributed by atoms with Gasteiger partial charge in [0, 0.05) is 37.4 Å². The molecule has 1 aromatic carbocycles. The zero-order chi connectivity index (χ0) is 20.5. The Morgan fingerprint density at radius 3 is 2.57 bits per heavy atom. The highest BCUT2D eigenvalue weighted by molar-refractivity contribution is 6.33. The molecular weight excluding hydrogens is 401 g/mol. The van der Waals surface area contributed by atoms with Crippen molar-refractivity contribution in [1.29, 1.82) is 0 Å². The van der Waals surface area contributed by atoms with Crippen molar-refractivity contribution in [3.05, 3.63) is 71.3 Å². The van der Waals surface area contributed by atoms with Crippen LogP contribution in [0, 0.1) is 17.7 Å². The number of hydrogen-bond acceptors (Lipinski definition) is 5. The fourth-order valence-electron chi connectivity index (χ4n) is 4.82. The number of fused-ring (bicyclic) bond motifs is 1. The van der Waals surface area contributed by atoms with Gasteiger partial charge in [-0.15, -0.1) is 10.2 Å². The van der Waals surface area contributed by atoms with E-state index in [2.05, 4.69) is 31.5 Å². The molecule has 0 radical (unpaired) electrons. The average Bonchev–Trinajstić information content (AvgIpc) is 3.29. The molecule has 2 unspecified atom stereocenters. The first kappa shape index (κ1) is 19.4. The molecule has 3 aromatic rings. The fraction of sp³-hybridized carbons (Fsp3) is 0.348. The fourth-order valence-corrected chi connectivity index (χ4v) is 5.03. The van der Waals surface area contributed by atoms with Gasteiger partial charge in [0.2, 0.25) is 0 Å². The molecule has 5 rings (SSSR count). The van der Waals surface area contributed by atoms with E-state index in [4.69, 9.17) is 11.6 Å². The van der Waals surface area contributed by atoms with E-state index in [0.29, 0.717) is 34.2 Å². The standard InChI is InChI=1S/C23H23ClFN5/c24-21-5-4-17(25)11-20(21)22-6-7-23(29-28-22)27-19-9-15-12-30(13-16(15)10-19)14-18-3-1-2-8-26-18/h1-8,11,15-16,19H,9-10,12-14H2,(H,27,29). The van der Waals surface area contributed by atoms with Gasteiger partial charge in [-0.3, -0.25) is 9.88 Å². The molecule has 154 valence electrons. The smallest absolute Gasteiger partial charge is 0.148 e. The van der Waals surface area contributed by atoms with Gasteiger partial charge in [0.15, 0.2) is 0 Å². The van der Waals surface area contributed by atoms with Crippen molar-refractivity contribution in [2.24, 2.45) is 11.8 Å². The van der Waals surface area contributed by atoms with Crippen molar-refractivity contribution in [2.45, 2.75) is 25.4 Å². The van der Waals surface area contributed by atoms with Gasteiger partial charge in [-0.05, 0) is 67.1 Å². The molecule has 5 nitrogen and oxygen atoms in total. The van der Waals surface area contributed by atoms with Crippen molar-refractivity contribution in [3.8, 4) is 11.3 Å². The topological polar surface area (TPSA) is 53.9 Å². The Kier molecular flexibility index (Phi) is 5.35. The lowest BCUT2D eigenvalue weighted by molar-refractivity contribution is 0.297. The van der Waals surface area contributed by atoms with E-state index < -0.39 is 0 Å². The lowest BCUT2D eigenvalue weighted by Crippen LogP contribution is -2.25. The van der Waals surface area contributed by atoms with Crippen LogP contribution in [0.2, 0.25) is 5.02 Å². The van der Waals surface area contributed by atoms with Crippen LogP contribution >= 0.6 is 11.6 Å². The van der Waals surface area contributed by atoms with Crippen molar-refractivity contribution < 1.29 is 4.39 Å². The second-order valence-corrected chi connectivity index (χ2v) is 8.68. The van der Waals surface area contributed by atoms with E-state index in [9.17, 15) is 4.39 Å². The number of benzene rings is 1. The summed E-state index contributed by atoms with van der Waals surface area (Å²) in [5, 5.41) is 12.5. The van der Waals surface area contributed by atoms with Crippen molar-refractivity contribution in [2.75, 3.05) is 18.4 Å². The van der Waals surface area contributed by atoms with Crippen LogP contribution in [0.5, 0.6) is 0 Å². The number of likely N-dealkylation sites (tertiary alicyclic amines) is 1. The molecule has 30 heavy (non-hydrogen) atoms. The number of rotatable bonds is 5. The highest BCUT2D eigenvalue weighted by atomic mass is 35.5. The van der Waals surface area contributed by atoms with Gasteiger partial charge in [-0.2, -0.15) is 0 Å². The van der Waals surface area contributed by atoms with E-state index >= 15 is 0 Å². The zero-order valence-corrected chi connectivity index (χ0v) is 17.3. The minimum absolute atomic E-state index is 0.340. The first-order valence-corrected chi connectivity index (χ1v) is 10.7. The number of nitrogens with one attached hydrogen (secondary N) is 1. The maximum absolute atomic E-state index is 13.5. The predicted molar refractivity (Wildman–Crippen MR) is 116 cm³/mol. The van der Waals surface area contributed by atoms with Crippen molar-refractivity contribution in [3.63, 3.8) is 0 Å². The number of hydrogen-bond donors (Lipinski definition) is 1. The molecule has 1 aliphatic carbocycles. The van der Waals surface area contributed by atoms with E-state index in [1.165, 1.54) is 18.2 Å². The van der Waals surface area contributed by atoms with Crippen LogP contribution in [0.4, 0.5) is 10.2 Å².